The highest BCUT2D eigenvalue weighted by atomic mass is 32.2. The molecule has 1 amide bonds. The maximum atomic E-state index is 12.3. The van der Waals surface area contributed by atoms with Gasteiger partial charge in [-0.2, -0.15) is 0 Å². The normalized spacial score (nSPS) is 16.4. The van der Waals surface area contributed by atoms with Crippen molar-refractivity contribution in [1.82, 2.24) is 4.90 Å². The summed E-state index contributed by atoms with van der Waals surface area (Å²) in [6.07, 6.45) is 2.76. The fourth-order valence-electron chi connectivity index (χ4n) is 1.88. The Morgan fingerprint density at radius 1 is 1.36 bits per heavy atom. The Bertz CT molecular complexity index is 599. The largest absolute Gasteiger partial charge is 0.466 e. The summed E-state index contributed by atoms with van der Waals surface area (Å²) in [7, 11) is 0. The predicted molar refractivity (Wildman–Crippen MR) is 92.2 cm³/mol. The van der Waals surface area contributed by atoms with Crippen LogP contribution in [-0.4, -0.2) is 34.2 Å². The Balaban J connectivity index is 1.97. The molecule has 1 fully saturated rings. The quantitative estimate of drug-likeness (QED) is 0.454. The minimum absolute atomic E-state index is 0.151. The average molecular weight is 335 g/mol. The van der Waals surface area contributed by atoms with Crippen LogP contribution >= 0.6 is 24.0 Å². The highest BCUT2D eigenvalue weighted by Crippen LogP contribution is 2.32. The van der Waals surface area contributed by atoms with Crippen LogP contribution in [0, 0.1) is 0 Å². The summed E-state index contributed by atoms with van der Waals surface area (Å²) in [6.45, 7) is 2.61. The molecule has 0 unspecified atom stereocenters. The lowest BCUT2D eigenvalue weighted by atomic mass is 10.2. The van der Waals surface area contributed by atoms with Crippen LogP contribution in [0.4, 0.5) is 0 Å². The number of thiocarbonyl (C=S) groups is 1. The van der Waals surface area contributed by atoms with Crippen molar-refractivity contribution < 1.29 is 14.3 Å². The van der Waals surface area contributed by atoms with Crippen LogP contribution in [0.2, 0.25) is 0 Å². The molecule has 0 radical (unpaired) electrons. The molecular formula is C16H17NO3S2. The number of hydrogen-bond donors (Lipinski definition) is 0. The first-order valence-corrected chi connectivity index (χ1v) is 8.30. The van der Waals surface area contributed by atoms with Crippen molar-refractivity contribution in [3.63, 3.8) is 0 Å². The van der Waals surface area contributed by atoms with E-state index in [1.807, 2.05) is 43.3 Å². The van der Waals surface area contributed by atoms with Gasteiger partial charge >= 0.3 is 5.97 Å². The van der Waals surface area contributed by atoms with E-state index >= 15 is 0 Å². The number of amides is 1. The lowest BCUT2D eigenvalue weighted by molar-refractivity contribution is -0.143. The molecule has 4 nitrogen and oxygen atoms in total. The average Bonchev–Trinajstić information content (AvgIpc) is 2.78. The summed E-state index contributed by atoms with van der Waals surface area (Å²) in [4.78, 5) is 25.9. The van der Waals surface area contributed by atoms with E-state index in [1.165, 1.54) is 16.7 Å². The van der Waals surface area contributed by atoms with Crippen molar-refractivity contribution in [3.05, 3.63) is 40.8 Å². The Kier molecular flexibility index (Phi) is 6.15. The number of hydrogen-bond acceptors (Lipinski definition) is 5. The molecule has 0 aromatic heterocycles. The molecular weight excluding hydrogens is 318 g/mol. The van der Waals surface area contributed by atoms with Gasteiger partial charge in [-0.05, 0) is 18.1 Å². The van der Waals surface area contributed by atoms with Gasteiger partial charge in [0, 0.05) is 6.54 Å². The first-order valence-electron chi connectivity index (χ1n) is 7.08. The summed E-state index contributed by atoms with van der Waals surface area (Å²) in [5.74, 6) is -0.454. The lowest BCUT2D eigenvalue weighted by Gasteiger charge is -2.13. The molecule has 0 aliphatic carbocycles. The van der Waals surface area contributed by atoms with Crippen molar-refractivity contribution in [1.29, 1.82) is 0 Å². The van der Waals surface area contributed by atoms with Gasteiger partial charge in [-0.1, -0.05) is 61.2 Å². The molecule has 0 saturated carbocycles. The van der Waals surface area contributed by atoms with E-state index in [0.29, 0.717) is 15.8 Å². The third-order valence-corrected chi connectivity index (χ3v) is 4.36. The van der Waals surface area contributed by atoms with Crippen LogP contribution in [0.25, 0.3) is 6.08 Å². The molecule has 1 aliphatic rings. The first-order chi connectivity index (χ1) is 10.6. The maximum absolute atomic E-state index is 12.3. The fourth-order valence-corrected chi connectivity index (χ4v) is 3.19. The minimum atomic E-state index is -0.303. The van der Waals surface area contributed by atoms with Crippen molar-refractivity contribution in [2.75, 3.05) is 13.2 Å². The highest BCUT2D eigenvalue weighted by molar-refractivity contribution is 8.26. The molecule has 1 aromatic carbocycles. The Hall–Kier alpha value is -1.66. The van der Waals surface area contributed by atoms with Gasteiger partial charge in [0.1, 0.15) is 4.32 Å². The summed E-state index contributed by atoms with van der Waals surface area (Å²) < 4.78 is 5.48. The Labute approximate surface area is 139 Å². The number of ether oxygens (including phenoxy) is 1. The molecule has 1 heterocycles. The van der Waals surface area contributed by atoms with E-state index in [1.54, 1.807) is 0 Å². The van der Waals surface area contributed by atoms with Gasteiger partial charge < -0.3 is 4.74 Å². The van der Waals surface area contributed by atoms with Gasteiger partial charge in [0.25, 0.3) is 5.91 Å². The zero-order chi connectivity index (χ0) is 15.9. The van der Waals surface area contributed by atoms with Crippen molar-refractivity contribution >= 4 is 46.3 Å². The fraction of sp³-hybridized carbons (Fsp3) is 0.312. The molecule has 2 rings (SSSR count). The number of carbonyl (C=O) groups excluding carboxylic acids is 2. The standard InChI is InChI=1S/C16H17NO3S2/c1-2-10-20-14(18)8-9-17-15(19)13(22-16(17)21)11-12-6-4-3-5-7-12/h3-7,11H,2,8-10H2,1H3. The van der Waals surface area contributed by atoms with E-state index in [2.05, 4.69) is 0 Å². The molecule has 1 saturated heterocycles. The van der Waals surface area contributed by atoms with E-state index < -0.39 is 0 Å². The van der Waals surface area contributed by atoms with Crippen molar-refractivity contribution in [2.24, 2.45) is 0 Å². The predicted octanol–water partition coefficient (Wildman–Crippen LogP) is 3.23. The summed E-state index contributed by atoms with van der Waals surface area (Å²) in [5, 5.41) is 0. The molecule has 6 heteroatoms. The van der Waals surface area contributed by atoms with E-state index in [-0.39, 0.29) is 24.8 Å². The number of rotatable bonds is 6. The van der Waals surface area contributed by atoms with E-state index in [4.69, 9.17) is 17.0 Å². The monoisotopic (exact) mass is 335 g/mol. The van der Waals surface area contributed by atoms with Crippen LogP contribution < -0.4 is 0 Å². The molecule has 0 bridgehead atoms. The van der Waals surface area contributed by atoms with E-state index in [9.17, 15) is 9.59 Å². The zero-order valence-corrected chi connectivity index (χ0v) is 13.9. The molecule has 0 spiro atoms. The molecule has 1 aliphatic heterocycles. The highest BCUT2D eigenvalue weighted by Gasteiger charge is 2.32. The summed E-state index contributed by atoms with van der Waals surface area (Å²) in [6, 6.07) is 9.60. The molecule has 0 N–H and O–H groups in total. The topological polar surface area (TPSA) is 46.6 Å². The van der Waals surface area contributed by atoms with Crippen LogP contribution in [0.15, 0.2) is 35.2 Å². The lowest BCUT2D eigenvalue weighted by Crippen LogP contribution is -2.30. The Morgan fingerprint density at radius 2 is 2.09 bits per heavy atom. The zero-order valence-electron chi connectivity index (χ0n) is 12.3. The van der Waals surface area contributed by atoms with Crippen LogP contribution in [0.5, 0.6) is 0 Å². The second kappa shape index (κ2) is 8.10. The van der Waals surface area contributed by atoms with Crippen LogP contribution in [0.1, 0.15) is 25.3 Å². The van der Waals surface area contributed by atoms with Gasteiger partial charge in [0.15, 0.2) is 0 Å². The third-order valence-electron chi connectivity index (χ3n) is 2.98. The van der Waals surface area contributed by atoms with Gasteiger partial charge in [0.2, 0.25) is 0 Å². The smallest absolute Gasteiger partial charge is 0.307 e. The number of carbonyl (C=O) groups is 2. The molecule has 1 aromatic rings. The van der Waals surface area contributed by atoms with Gasteiger partial charge in [-0.3, -0.25) is 14.5 Å². The number of benzene rings is 1. The minimum Gasteiger partial charge on any atom is -0.466 e. The second-order valence-corrected chi connectivity index (χ2v) is 6.39. The molecule has 22 heavy (non-hydrogen) atoms. The summed E-state index contributed by atoms with van der Waals surface area (Å²) in [5.41, 5.74) is 0.949. The number of esters is 1. The van der Waals surface area contributed by atoms with Crippen LogP contribution in [0.3, 0.4) is 0 Å². The number of thioether (sulfide) groups is 1. The molecule has 116 valence electrons. The summed E-state index contributed by atoms with van der Waals surface area (Å²) >= 11 is 6.49. The van der Waals surface area contributed by atoms with Gasteiger partial charge in [-0.15, -0.1) is 0 Å². The Morgan fingerprint density at radius 3 is 2.77 bits per heavy atom. The first kappa shape index (κ1) is 16.7. The SMILES string of the molecule is CCCOC(=O)CCN1C(=O)C(=Cc2ccccc2)SC1=S. The van der Waals surface area contributed by atoms with Crippen molar-refractivity contribution in [2.45, 2.75) is 19.8 Å². The van der Waals surface area contributed by atoms with E-state index in [0.717, 1.165) is 12.0 Å². The number of nitrogens with zero attached hydrogens (tertiary/aromatic N) is 1. The molecule has 0 atom stereocenters. The van der Waals surface area contributed by atoms with Gasteiger partial charge in [0.05, 0.1) is 17.9 Å². The van der Waals surface area contributed by atoms with Gasteiger partial charge in [-0.25, -0.2) is 0 Å². The second-order valence-electron chi connectivity index (χ2n) is 4.71. The third kappa shape index (κ3) is 4.42. The van der Waals surface area contributed by atoms with Crippen molar-refractivity contribution in [3.8, 4) is 0 Å². The maximum Gasteiger partial charge on any atom is 0.307 e. The van der Waals surface area contributed by atoms with Crippen LogP contribution in [-0.2, 0) is 14.3 Å².